The second-order valence-electron chi connectivity index (χ2n) is 5.98. The van der Waals surface area contributed by atoms with Crippen LogP contribution < -0.4 is 15.4 Å². The van der Waals surface area contributed by atoms with E-state index in [-0.39, 0.29) is 41.7 Å². The van der Waals surface area contributed by atoms with Crippen LogP contribution in [0.2, 0.25) is 5.02 Å². The minimum absolute atomic E-state index is 0. The lowest BCUT2D eigenvalue weighted by atomic mass is 9.89. The fourth-order valence-corrected chi connectivity index (χ4v) is 2.43. The number of rotatable bonds is 7. The molecule has 0 spiro atoms. The van der Waals surface area contributed by atoms with Crippen molar-refractivity contribution in [3.63, 3.8) is 0 Å². The minimum Gasteiger partial charge on any atom is -0.434 e. The van der Waals surface area contributed by atoms with Gasteiger partial charge >= 0.3 is 6.61 Å². The average molecular weight is 490 g/mol. The number of benzene rings is 1. The van der Waals surface area contributed by atoms with Gasteiger partial charge in [0.15, 0.2) is 5.96 Å². The van der Waals surface area contributed by atoms with Gasteiger partial charge in [0.05, 0.1) is 19.8 Å². The number of hydrogen-bond donors (Lipinski definition) is 2. The number of hydrogen-bond acceptors (Lipinski definition) is 3. The van der Waals surface area contributed by atoms with Gasteiger partial charge in [-0.2, -0.15) is 8.78 Å². The molecule has 0 aromatic heterocycles. The number of guanidine groups is 1. The molecule has 0 unspecified atom stereocenters. The van der Waals surface area contributed by atoms with Crippen LogP contribution in [0.3, 0.4) is 0 Å². The molecule has 5 nitrogen and oxygen atoms in total. The Morgan fingerprint density at radius 3 is 2.68 bits per heavy atom. The summed E-state index contributed by atoms with van der Waals surface area (Å²) in [6, 6.07) is 4.51. The second-order valence-corrected chi connectivity index (χ2v) is 6.42. The molecule has 0 aliphatic carbocycles. The van der Waals surface area contributed by atoms with Crippen LogP contribution in [0.4, 0.5) is 8.78 Å². The predicted octanol–water partition coefficient (Wildman–Crippen LogP) is 3.65. The number of aliphatic imine (C=N–C) groups is 1. The Morgan fingerprint density at radius 1 is 1.40 bits per heavy atom. The molecule has 25 heavy (non-hydrogen) atoms. The van der Waals surface area contributed by atoms with Gasteiger partial charge < -0.3 is 20.1 Å². The largest absolute Gasteiger partial charge is 0.434 e. The molecule has 1 aliphatic rings. The maximum atomic E-state index is 12.5. The number of nitrogens with one attached hydrogen (secondary N) is 2. The van der Waals surface area contributed by atoms with Crippen molar-refractivity contribution in [1.82, 2.24) is 10.6 Å². The quantitative estimate of drug-likeness (QED) is 0.349. The summed E-state index contributed by atoms with van der Waals surface area (Å²) in [6.07, 6.45) is 0. The highest BCUT2D eigenvalue weighted by Gasteiger charge is 2.33. The molecular weight excluding hydrogens is 467 g/mol. The first kappa shape index (κ1) is 22.2. The predicted molar refractivity (Wildman–Crippen MR) is 105 cm³/mol. The van der Waals surface area contributed by atoms with Crippen molar-refractivity contribution in [1.29, 1.82) is 0 Å². The number of ether oxygens (including phenoxy) is 2. The summed E-state index contributed by atoms with van der Waals surface area (Å²) >= 11 is 5.94. The molecule has 0 bridgehead atoms. The maximum absolute atomic E-state index is 12.5. The van der Waals surface area contributed by atoms with Crippen LogP contribution in [-0.4, -0.2) is 38.9 Å². The highest BCUT2D eigenvalue weighted by atomic mass is 127. The lowest BCUT2D eigenvalue weighted by Gasteiger charge is -2.38. The van der Waals surface area contributed by atoms with Gasteiger partial charge in [0.2, 0.25) is 0 Å². The zero-order chi connectivity index (χ0) is 17.6. The van der Waals surface area contributed by atoms with Gasteiger partial charge in [-0.1, -0.05) is 18.5 Å². The highest BCUT2D eigenvalue weighted by molar-refractivity contribution is 14.0. The molecule has 1 aromatic carbocycles. The van der Waals surface area contributed by atoms with E-state index in [4.69, 9.17) is 16.3 Å². The third kappa shape index (κ3) is 7.10. The molecule has 1 saturated heterocycles. The van der Waals surface area contributed by atoms with E-state index < -0.39 is 6.61 Å². The van der Waals surface area contributed by atoms with E-state index in [1.807, 2.05) is 6.92 Å². The zero-order valence-corrected chi connectivity index (χ0v) is 17.2. The summed E-state index contributed by atoms with van der Waals surface area (Å²) in [7, 11) is 0. The van der Waals surface area contributed by atoms with E-state index in [1.165, 1.54) is 12.1 Å². The first-order valence-corrected chi connectivity index (χ1v) is 8.13. The molecule has 2 N–H and O–H groups in total. The number of halogens is 4. The van der Waals surface area contributed by atoms with Crippen molar-refractivity contribution in [2.24, 2.45) is 10.4 Å². The van der Waals surface area contributed by atoms with Crippen LogP contribution in [0, 0.1) is 5.41 Å². The molecule has 1 heterocycles. The van der Waals surface area contributed by atoms with Gasteiger partial charge in [0.25, 0.3) is 0 Å². The Balaban J connectivity index is 0.00000312. The van der Waals surface area contributed by atoms with E-state index in [1.54, 1.807) is 6.07 Å². The van der Waals surface area contributed by atoms with E-state index in [0.29, 0.717) is 36.3 Å². The number of alkyl halides is 2. The van der Waals surface area contributed by atoms with Crippen molar-refractivity contribution >= 4 is 41.5 Å². The summed E-state index contributed by atoms with van der Waals surface area (Å²) < 4.78 is 34.7. The first-order chi connectivity index (χ1) is 11.4. The molecule has 1 fully saturated rings. The third-order valence-corrected chi connectivity index (χ3v) is 3.81. The monoisotopic (exact) mass is 489 g/mol. The van der Waals surface area contributed by atoms with Crippen LogP contribution >= 0.6 is 35.6 Å². The second kappa shape index (κ2) is 10.3. The lowest BCUT2D eigenvalue weighted by molar-refractivity contribution is -0.0971. The topological polar surface area (TPSA) is 54.9 Å². The fourth-order valence-electron chi connectivity index (χ4n) is 2.24. The SMILES string of the molecule is CCNC(=NCc1cc(Cl)ccc1OC(F)F)NCC1(C)COC1.I. The Bertz CT molecular complexity index is 586. The van der Waals surface area contributed by atoms with Gasteiger partial charge in [0, 0.05) is 29.1 Å². The van der Waals surface area contributed by atoms with E-state index >= 15 is 0 Å². The first-order valence-electron chi connectivity index (χ1n) is 7.75. The molecule has 0 amide bonds. The van der Waals surface area contributed by atoms with E-state index in [0.717, 1.165) is 6.54 Å². The summed E-state index contributed by atoms with van der Waals surface area (Å²) in [5, 5.41) is 6.81. The zero-order valence-electron chi connectivity index (χ0n) is 14.2. The normalized spacial score (nSPS) is 16.0. The number of nitrogens with zero attached hydrogens (tertiary/aromatic N) is 1. The van der Waals surface area contributed by atoms with Gasteiger partial charge in [-0.05, 0) is 25.1 Å². The Labute approximate surface area is 168 Å². The average Bonchev–Trinajstić information content (AvgIpc) is 2.50. The molecule has 2 rings (SSSR count). The van der Waals surface area contributed by atoms with Gasteiger partial charge in [-0.25, -0.2) is 4.99 Å². The molecular formula is C16H23ClF2IN3O2. The molecule has 9 heteroatoms. The van der Waals surface area contributed by atoms with Crippen molar-refractivity contribution in [2.75, 3.05) is 26.3 Å². The minimum atomic E-state index is -2.89. The molecule has 142 valence electrons. The summed E-state index contributed by atoms with van der Waals surface area (Å²) in [5.41, 5.74) is 0.592. The van der Waals surface area contributed by atoms with Gasteiger partial charge in [0.1, 0.15) is 5.75 Å². The van der Waals surface area contributed by atoms with E-state index in [9.17, 15) is 8.78 Å². The third-order valence-electron chi connectivity index (χ3n) is 3.57. The standard InChI is InChI=1S/C16H22ClF2N3O2.HI/c1-3-20-15(22-8-16(2)9-23-10-16)21-7-11-6-12(17)4-5-13(11)24-14(18)19;/h4-6,14H,3,7-10H2,1-2H3,(H2,20,21,22);1H. The van der Waals surface area contributed by atoms with Crippen molar-refractivity contribution in [3.8, 4) is 5.75 Å². The van der Waals surface area contributed by atoms with Crippen molar-refractivity contribution in [3.05, 3.63) is 28.8 Å². The summed E-state index contributed by atoms with van der Waals surface area (Å²) in [6.45, 7) is 4.18. The summed E-state index contributed by atoms with van der Waals surface area (Å²) in [5.74, 6) is 0.682. The van der Waals surface area contributed by atoms with E-state index in [2.05, 4.69) is 27.3 Å². The van der Waals surface area contributed by atoms with Crippen molar-refractivity contribution in [2.45, 2.75) is 27.0 Å². The Morgan fingerprint density at radius 2 is 2.12 bits per heavy atom. The van der Waals surface area contributed by atoms with Crippen molar-refractivity contribution < 1.29 is 18.3 Å². The Hall–Kier alpha value is -0.870. The molecule has 0 atom stereocenters. The lowest BCUT2D eigenvalue weighted by Crippen LogP contribution is -2.51. The maximum Gasteiger partial charge on any atom is 0.387 e. The van der Waals surface area contributed by atoms with Crippen LogP contribution in [-0.2, 0) is 11.3 Å². The van der Waals surface area contributed by atoms with Crippen LogP contribution in [0.15, 0.2) is 23.2 Å². The molecule has 1 aliphatic heterocycles. The smallest absolute Gasteiger partial charge is 0.387 e. The van der Waals surface area contributed by atoms with Crippen LogP contribution in [0.1, 0.15) is 19.4 Å². The van der Waals surface area contributed by atoms with Gasteiger partial charge in [-0.15, -0.1) is 24.0 Å². The summed E-state index contributed by atoms with van der Waals surface area (Å²) in [4.78, 5) is 4.42. The van der Waals surface area contributed by atoms with Crippen LogP contribution in [0.5, 0.6) is 5.75 Å². The Kier molecular flexibility index (Phi) is 9.15. The van der Waals surface area contributed by atoms with Crippen LogP contribution in [0.25, 0.3) is 0 Å². The molecule has 0 radical (unpaired) electrons. The highest BCUT2D eigenvalue weighted by Crippen LogP contribution is 2.26. The fraction of sp³-hybridized carbons (Fsp3) is 0.562. The molecule has 0 saturated carbocycles. The van der Waals surface area contributed by atoms with Gasteiger partial charge in [-0.3, -0.25) is 0 Å². The molecule has 1 aromatic rings.